The van der Waals surface area contributed by atoms with Crippen LogP contribution in [0.15, 0.2) is 12.1 Å². The second-order valence-electron chi connectivity index (χ2n) is 4.19. The molecule has 116 valence electrons. The normalized spacial score (nSPS) is 10.0. The number of ether oxygens (including phenoxy) is 1. The van der Waals surface area contributed by atoms with Gasteiger partial charge in [-0.15, -0.1) is 0 Å². The number of nitrogens with one attached hydrogen (secondary N) is 2. The summed E-state index contributed by atoms with van der Waals surface area (Å²) in [7, 11) is 0. The Morgan fingerprint density at radius 2 is 2.14 bits per heavy atom. The summed E-state index contributed by atoms with van der Waals surface area (Å²) in [6, 6.07) is 2.96. The smallest absolute Gasteiger partial charge is 0.311 e. The summed E-state index contributed by atoms with van der Waals surface area (Å²) in [4.78, 5) is 25.8. The third-order valence-corrected chi connectivity index (χ3v) is 2.58. The minimum atomic E-state index is -0.490. The number of carbonyl (C=O) groups excluding carboxylic acids is 1. The minimum absolute atomic E-state index is 0.0900. The number of rotatable bonds is 9. The van der Waals surface area contributed by atoms with E-state index in [1.165, 1.54) is 6.07 Å². The molecule has 0 saturated carbocycles. The van der Waals surface area contributed by atoms with Crippen LogP contribution in [0.4, 0.5) is 17.3 Å². The van der Waals surface area contributed by atoms with Crippen LogP contribution in [-0.4, -0.2) is 35.6 Å². The lowest BCUT2D eigenvalue weighted by atomic mass is 10.3. The fourth-order valence-corrected chi connectivity index (χ4v) is 1.68. The molecule has 1 aromatic heterocycles. The molecule has 0 radical (unpaired) electrons. The van der Waals surface area contributed by atoms with Gasteiger partial charge in [0, 0.05) is 25.6 Å². The van der Waals surface area contributed by atoms with Crippen molar-refractivity contribution in [2.75, 3.05) is 30.3 Å². The molecule has 0 atom stereocenters. The Morgan fingerprint density at radius 1 is 1.38 bits per heavy atom. The maximum Gasteiger partial charge on any atom is 0.311 e. The Bertz CT molecular complexity index is 493. The van der Waals surface area contributed by atoms with Crippen LogP contribution in [-0.2, 0) is 9.53 Å². The zero-order chi connectivity index (χ0) is 15.7. The van der Waals surface area contributed by atoms with E-state index >= 15 is 0 Å². The highest BCUT2D eigenvalue weighted by Crippen LogP contribution is 2.23. The number of hydrogen-bond donors (Lipinski definition) is 2. The van der Waals surface area contributed by atoms with Crippen molar-refractivity contribution in [2.45, 2.75) is 26.7 Å². The average Bonchev–Trinajstić information content (AvgIpc) is 2.44. The molecule has 21 heavy (non-hydrogen) atoms. The number of hydrogen-bond acceptors (Lipinski definition) is 7. The average molecular weight is 296 g/mol. The SMILES string of the molecule is CCNc1ccc([N+](=O)[O-])c(NCCCC(=O)OCC)n1. The molecule has 0 aliphatic carbocycles. The fraction of sp³-hybridized carbons (Fsp3) is 0.538. The number of nitro groups is 1. The van der Waals surface area contributed by atoms with Crippen LogP contribution in [0.5, 0.6) is 0 Å². The highest BCUT2D eigenvalue weighted by Gasteiger charge is 2.15. The van der Waals surface area contributed by atoms with Gasteiger partial charge < -0.3 is 15.4 Å². The van der Waals surface area contributed by atoms with Gasteiger partial charge in [-0.25, -0.2) is 4.98 Å². The zero-order valence-corrected chi connectivity index (χ0v) is 12.2. The second-order valence-corrected chi connectivity index (χ2v) is 4.19. The van der Waals surface area contributed by atoms with E-state index in [9.17, 15) is 14.9 Å². The summed E-state index contributed by atoms with van der Waals surface area (Å²) in [6.45, 7) is 5.09. The molecule has 1 heterocycles. The predicted molar refractivity (Wildman–Crippen MR) is 79.4 cm³/mol. The van der Waals surface area contributed by atoms with Crippen molar-refractivity contribution >= 4 is 23.3 Å². The van der Waals surface area contributed by atoms with Crippen LogP contribution in [0.2, 0.25) is 0 Å². The predicted octanol–water partition coefficient (Wildman–Crippen LogP) is 2.18. The van der Waals surface area contributed by atoms with E-state index in [1.54, 1.807) is 13.0 Å². The first kappa shape index (κ1) is 16.7. The van der Waals surface area contributed by atoms with Gasteiger partial charge in [0.15, 0.2) is 0 Å². The number of pyridine rings is 1. The van der Waals surface area contributed by atoms with Gasteiger partial charge in [0.25, 0.3) is 0 Å². The maximum absolute atomic E-state index is 11.2. The number of aromatic nitrogens is 1. The lowest BCUT2D eigenvalue weighted by Gasteiger charge is -2.08. The molecular weight excluding hydrogens is 276 g/mol. The highest BCUT2D eigenvalue weighted by atomic mass is 16.6. The van der Waals surface area contributed by atoms with Gasteiger partial charge in [-0.05, 0) is 26.3 Å². The largest absolute Gasteiger partial charge is 0.466 e. The van der Waals surface area contributed by atoms with Crippen LogP contribution in [0, 0.1) is 10.1 Å². The molecule has 0 aliphatic heterocycles. The minimum Gasteiger partial charge on any atom is -0.466 e. The van der Waals surface area contributed by atoms with Crippen molar-refractivity contribution in [1.29, 1.82) is 0 Å². The van der Waals surface area contributed by atoms with Crippen molar-refractivity contribution in [2.24, 2.45) is 0 Å². The van der Waals surface area contributed by atoms with Gasteiger partial charge in [0.05, 0.1) is 11.5 Å². The Hall–Kier alpha value is -2.38. The van der Waals surface area contributed by atoms with E-state index < -0.39 is 4.92 Å². The van der Waals surface area contributed by atoms with Crippen LogP contribution in [0.25, 0.3) is 0 Å². The number of esters is 1. The quantitative estimate of drug-likeness (QED) is 0.311. The van der Waals surface area contributed by atoms with Gasteiger partial charge in [0.1, 0.15) is 5.82 Å². The van der Waals surface area contributed by atoms with Crippen molar-refractivity contribution in [3.63, 3.8) is 0 Å². The Balaban J connectivity index is 2.60. The van der Waals surface area contributed by atoms with Crippen molar-refractivity contribution in [1.82, 2.24) is 4.98 Å². The Kier molecular flexibility index (Phi) is 6.93. The van der Waals surface area contributed by atoms with Crippen molar-refractivity contribution in [3.8, 4) is 0 Å². The lowest BCUT2D eigenvalue weighted by molar-refractivity contribution is -0.384. The first-order valence-corrected chi connectivity index (χ1v) is 6.87. The van der Waals surface area contributed by atoms with Gasteiger partial charge in [-0.3, -0.25) is 14.9 Å². The molecule has 2 N–H and O–H groups in total. The summed E-state index contributed by atoms with van der Waals surface area (Å²) in [5.41, 5.74) is -0.0900. The molecule has 0 amide bonds. The third kappa shape index (κ3) is 5.64. The monoisotopic (exact) mass is 296 g/mol. The van der Waals surface area contributed by atoms with E-state index in [-0.39, 0.29) is 23.9 Å². The summed E-state index contributed by atoms with van der Waals surface area (Å²) in [5, 5.41) is 16.8. The topological polar surface area (TPSA) is 106 Å². The number of carbonyl (C=O) groups is 1. The molecule has 1 rings (SSSR count). The Labute approximate surface area is 123 Å². The molecule has 0 aliphatic rings. The van der Waals surface area contributed by atoms with Gasteiger partial charge in [-0.2, -0.15) is 0 Å². The zero-order valence-electron chi connectivity index (χ0n) is 12.2. The number of anilines is 2. The number of nitrogens with zero attached hydrogens (tertiary/aromatic N) is 2. The molecule has 8 heteroatoms. The van der Waals surface area contributed by atoms with Crippen LogP contribution >= 0.6 is 0 Å². The van der Waals surface area contributed by atoms with E-state index in [0.29, 0.717) is 31.9 Å². The van der Waals surface area contributed by atoms with Crippen molar-refractivity contribution < 1.29 is 14.5 Å². The van der Waals surface area contributed by atoms with Crippen LogP contribution in [0.1, 0.15) is 26.7 Å². The second kappa shape index (κ2) is 8.72. The molecule has 0 aromatic carbocycles. The summed E-state index contributed by atoms with van der Waals surface area (Å²) >= 11 is 0. The highest BCUT2D eigenvalue weighted by molar-refractivity contribution is 5.69. The molecule has 1 aromatic rings. The first-order chi connectivity index (χ1) is 10.1. The van der Waals surface area contributed by atoms with E-state index in [1.807, 2.05) is 6.92 Å². The molecular formula is C13H20N4O4. The van der Waals surface area contributed by atoms with Crippen molar-refractivity contribution in [3.05, 3.63) is 22.2 Å². The van der Waals surface area contributed by atoms with Crippen LogP contribution < -0.4 is 10.6 Å². The van der Waals surface area contributed by atoms with E-state index in [0.717, 1.165) is 0 Å². The standard InChI is InChI=1S/C13H20N4O4/c1-3-14-11-8-7-10(17(19)20)13(16-11)15-9-5-6-12(18)21-4-2/h7-8H,3-6,9H2,1-2H3,(H2,14,15,16). The molecule has 0 spiro atoms. The lowest BCUT2D eigenvalue weighted by Crippen LogP contribution is -2.11. The Morgan fingerprint density at radius 3 is 2.76 bits per heavy atom. The molecule has 0 fully saturated rings. The first-order valence-electron chi connectivity index (χ1n) is 6.87. The molecule has 0 bridgehead atoms. The van der Waals surface area contributed by atoms with E-state index in [4.69, 9.17) is 4.74 Å². The summed E-state index contributed by atoms with van der Waals surface area (Å²) in [6.07, 6.45) is 0.782. The van der Waals surface area contributed by atoms with Crippen LogP contribution in [0.3, 0.4) is 0 Å². The molecule has 0 saturated heterocycles. The summed E-state index contributed by atoms with van der Waals surface area (Å²) < 4.78 is 4.81. The van der Waals surface area contributed by atoms with Gasteiger partial charge >= 0.3 is 11.7 Å². The van der Waals surface area contributed by atoms with Gasteiger partial charge in [-0.1, -0.05) is 0 Å². The summed E-state index contributed by atoms with van der Waals surface area (Å²) in [5.74, 6) is 0.487. The maximum atomic E-state index is 11.2. The fourth-order valence-electron chi connectivity index (χ4n) is 1.68. The third-order valence-electron chi connectivity index (χ3n) is 2.58. The van der Waals surface area contributed by atoms with Gasteiger partial charge in [0.2, 0.25) is 5.82 Å². The van der Waals surface area contributed by atoms with E-state index in [2.05, 4.69) is 15.6 Å². The molecule has 0 unspecified atom stereocenters. The molecule has 8 nitrogen and oxygen atoms in total.